The Morgan fingerprint density at radius 3 is 2.56 bits per heavy atom. The number of anilines is 1. The van der Waals surface area contributed by atoms with Gasteiger partial charge in [-0.15, -0.1) is 5.10 Å². The van der Waals surface area contributed by atoms with Gasteiger partial charge in [0.05, 0.1) is 22.8 Å². The average Bonchev–Trinajstić information content (AvgIpc) is 2.98. The van der Waals surface area contributed by atoms with E-state index in [2.05, 4.69) is 19.8 Å². The normalized spacial score (nSPS) is 11.7. The van der Waals surface area contributed by atoms with Crippen LogP contribution in [0.5, 0.6) is 5.88 Å². The summed E-state index contributed by atoms with van der Waals surface area (Å²) in [6.07, 6.45) is 1.57. The zero-order valence-corrected chi connectivity index (χ0v) is 15.7. The molecule has 0 aliphatic carbocycles. The second kappa shape index (κ2) is 6.32. The summed E-state index contributed by atoms with van der Waals surface area (Å²) in [7, 11) is -2.62. The quantitative estimate of drug-likeness (QED) is 0.721. The van der Waals surface area contributed by atoms with Gasteiger partial charge in [-0.1, -0.05) is 29.3 Å². The number of halogens is 2. The Bertz CT molecular complexity index is 1080. The highest BCUT2D eigenvalue weighted by molar-refractivity contribution is 7.92. The first-order valence-corrected chi connectivity index (χ1v) is 9.22. The number of methoxy groups -OCH3 is 1. The van der Waals surface area contributed by atoms with E-state index in [9.17, 15) is 8.42 Å². The number of sulfonamides is 1. The van der Waals surface area contributed by atoms with Gasteiger partial charge in [-0.3, -0.25) is 4.72 Å². The standard InChI is InChI=1S/C14H13Cl2N5O3S/c1-7-4-5-9(15)10(16)11(7)20-25(22,23)14-18-13-17-12(24-3)8(2)6-21(13)19-14/h4-6,20H,1-3H3. The van der Waals surface area contributed by atoms with Gasteiger partial charge in [0.15, 0.2) is 0 Å². The predicted molar refractivity (Wildman–Crippen MR) is 94.1 cm³/mol. The van der Waals surface area contributed by atoms with Crippen LogP contribution in [0.3, 0.4) is 0 Å². The van der Waals surface area contributed by atoms with Crippen LogP contribution in [-0.4, -0.2) is 35.1 Å². The number of nitrogens with one attached hydrogen (secondary N) is 1. The molecule has 0 spiro atoms. The van der Waals surface area contributed by atoms with Crippen molar-refractivity contribution in [1.82, 2.24) is 19.6 Å². The van der Waals surface area contributed by atoms with Gasteiger partial charge in [0.2, 0.25) is 5.88 Å². The maximum absolute atomic E-state index is 12.6. The number of hydrogen-bond acceptors (Lipinski definition) is 6. The second-order valence-electron chi connectivity index (χ2n) is 5.23. The van der Waals surface area contributed by atoms with Crippen LogP contribution in [0.25, 0.3) is 5.78 Å². The van der Waals surface area contributed by atoms with Gasteiger partial charge in [-0.25, -0.2) is 4.52 Å². The summed E-state index contributed by atoms with van der Waals surface area (Å²) in [4.78, 5) is 8.06. The minimum Gasteiger partial charge on any atom is -0.481 e. The van der Waals surface area contributed by atoms with Crippen molar-refractivity contribution < 1.29 is 13.2 Å². The van der Waals surface area contributed by atoms with Crippen molar-refractivity contribution in [3.8, 4) is 5.88 Å². The number of ether oxygens (including phenoxy) is 1. The van der Waals surface area contributed by atoms with Gasteiger partial charge < -0.3 is 4.74 Å². The van der Waals surface area contributed by atoms with E-state index in [0.717, 1.165) is 0 Å². The summed E-state index contributed by atoms with van der Waals surface area (Å²) in [6.45, 7) is 3.46. The molecule has 1 N–H and O–H groups in total. The summed E-state index contributed by atoms with van der Waals surface area (Å²) < 4.78 is 34.0. The first-order chi connectivity index (χ1) is 11.7. The van der Waals surface area contributed by atoms with E-state index >= 15 is 0 Å². The highest BCUT2D eigenvalue weighted by atomic mass is 35.5. The second-order valence-corrected chi connectivity index (χ2v) is 7.59. The molecule has 3 rings (SSSR count). The molecule has 25 heavy (non-hydrogen) atoms. The van der Waals surface area contributed by atoms with Crippen molar-refractivity contribution in [2.45, 2.75) is 19.0 Å². The molecule has 2 heterocycles. The molecule has 3 aromatic rings. The molecule has 0 unspecified atom stereocenters. The van der Waals surface area contributed by atoms with Gasteiger partial charge in [0.1, 0.15) is 0 Å². The molecule has 0 saturated carbocycles. The minimum atomic E-state index is -4.09. The molecule has 2 aromatic heterocycles. The van der Waals surface area contributed by atoms with E-state index in [1.807, 2.05) is 0 Å². The van der Waals surface area contributed by atoms with Crippen LogP contribution in [0, 0.1) is 13.8 Å². The lowest BCUT2D eigenvalue weighted by atomic mass is 10.2. The third-order valence-corrected chi connectivity index (χ3v) is 5.35. The zero-order valence-electron chi connectivity index (χ0n) is 13.4. The summed E-state index contributed by atoms with van der Waals surface area (Å²) in [5.74, 6) is 0.433. The van der Waals surface area contributed by atoms with Crippen molar-refractivity contribution in [2.24, 2.45) is 0 Å². The topological polar surface area (TPSA) is 98.5 Å². The van der Waals surface area contributed by atoms with Gasteiger partial charge in [-0.05, 0) is 25.5 Å². The Morgan fingerprint density at radius 2 is 1.88 bits per heavy atom. The maximum atomic E-state index is 12.6. The van der Waals surface area contributed by atoms with E-state index in [1.165, 1.54) is 11.6 Å². The van der Waals surface area contributed by atoms with Crippen LogP contribution < -0.4 is 9.46 Å². The summed E-state index contributed by atoms with van der Waals surface area (Å²) in [6, 6.07) is 3.23. The van der Waals surface area contributed by atoms with Gasteiger partial charge >= 0.3 is 0 Å². The number of aryl methyl sites for hydroxylation is 2. The Hall–Kier alpha value is -2.10. The number of fused-ring (bicyclic) bond motifs is 1. The third kappa shape index (κ3) is 3.22. The lowest BCUT2D eigenvalue weighted by Crippen LogP contribution is -2.16. The molecule has 0 bridgehead atoms. The van der Waals surface area contributed by atoms with Gasteiger partial charge in [0, 0.05) is 11.8 Å². The fraction of sp³-hybridized carbons (Fsp3) is 0.214. The van der Waals surface area contributed by atoms with Crippen molar-refractivity contribution in [3.63, 3.8) is 0 Å². The van der Waals surface area contributed by atoms with E-state index in [0.29, 0.717) is 17.0 Å². The Morgan fingerprint density at radius 1 is 1.16 bits per heavy atom. The van der Waals surface area contributed by atoms with E-state index < -0.39 is 15.2 Å². The third-order valence-electron chi connectivity index (χ3n) is 3.42. The summed E-state index contributed by atoms with van der Waals surface area (Å²) in [5, 5.41) is 3.85. The van der Waals surface area contributed by atoms with E-state index in [1.54, 1.807) is 32.2 Å². The summed E-state index contributed by atoms with van der Waals surface area (Å²) in [5.41, 5.74) is 1.47. The Kier molecular flexibility index (Phi) is 4.48. The van der Waals surface area contributed by atoms with Gasteiger partial charge in [-0.2, -0.15) is 18.4 Å². The van der Waals surface area contributed by atoms with Crippen molar-refractivity contribution in [1.29, 1.82) is 0 Å². The predicted octanol–water partition coefficient (Wildman–Crippen LogP) is 2.86. The smallest absolute Gasteiger partial charge is 0.299 e. The molecule has 0 fully saturated rings. The minimum absolute atomic E-state index is 0.0942. The fourth-order valence-electron chi connectivity index (χ4n) is 2.15. The molecular formula is C14H13Cl2N5O3S. The fourth-order valence-corrected chi connectivity index (χ4v) is 3.64. The monoisotopic (exact) mass is 401 g/mol. The van der Waals surface area contributed by atoms with Crippen LogP contribution in [0.15, 0.2) is 23.5 Å². The highest BCUT2D eigenvalue weighted by Gasteiger charge is 2.24. The Balaban J connectivity index is 2.06. The SMILES string of the molecule is COc1nc2nc(S(=O)(=O)Nc3c(C)ccc(Cl)c3Cl)nn2cc1C. The first-order valence-electron chi connectivity index (χ1n) is 6.98. The van der Waals surface area contributed by atoms with Crippen molar-refractivity contribution in [2.75, 3.05) is 11.8 Å². The lowest BCUT2D eigenvalue weighted by Gasteiger charge is -2.11. The summed E-state index contributed by atoms with van der Waals surface area (Å²) >= 11 is 12.0. The largest absolute Gasteiger partial charge is 0.481 e. The molecule has 8 nitrogen and oxygen atoms in total. The molecule has 0 saturated heterocycles. The van der Waals surface area contributed by atoms with Gasteiger partial charge in [0.25, 0.3) is 21.0 Å². The number of nitrogens with zero attached hydrogens (tertiary/aromatic N) is 4. The number of aromatic nitrogens is 4. The van der Waals surface area contributed by atoms with Crippen LogP contribution in [0.1, 0.15) is 11.1 Å². The molecule has 132 valence electrons. The van der Waals surface area contributed by atoms with Crippen LogP contribution >= 0.6 is 23.2 Å². The molecule has 0 amide bonds. The number of rotatable bonds is 4. The number of benzene rings is 1. The maximum Gasteiger partial charge on any atom is 0.299 e. The highest BCUT2D eigenvalue weighted by Crippen LogP contribution is 2.34. The lowest BCUT2D eigenvalue weighted by molar-refractivity contribution is 0.394. The molecule has 0 radical (unpaired) electrons. The van der Waals surface area contributed by atoms with E-state index in [-0.39, 0.29) is 21.5 Å². The first kappa shape index (κ1) is 17.7. The van der Waals surface area contributed by atoms with Crippen LogP contribution in [0.4, 0.5) is 5.69 Å². The van der Waals surface area contributed by atoms with Crippen LogP contribution in [-0.2, 0) is 10.0 Å². The van der Waals surface area contributed by atoms with Crippen LogP contribution in [0.2, 0.25) is 10.0 Å². The molecular weight excluding hydrogens is 389 g/mol. The van der Waals surface area contributed by atoms with Crippen molar-refractivity contribution in [3.05, 3.63) is 39.5 Å². The molecule has 0 aliphatic heterocycles. The Labute approximate surface area is 153 Å². The molecule has 11 heteroatoms. The molecule has 1 aromatic carbocycles. The molecule has 0 aliphatic rings. The van der Waals surface area contributed by atoms with E-state index in [4.69, 9.17) is 27.9 Å². The van der Waals surface area contributed by atoms with Crippen molar-refractivity contribution >= 4 is 44.7 Å². The average molecular weight is 402 g/mol. The number of hydrogen-bond donors (Lipinski definition) is 1. The zero-order chi connectivity index (χ0) is 18.4. The molecule has 0 atom stereocenters.